The van der Waals surface area contributed by atoms with Gasteiger partial charge in [-0.1, -0.05) is 49.4 Å². The number of amides is 1. The van der Waals surface area contributed by atoms with Gasteiger partial charge in [0.25, 0.3) is 5.91 Å². The van der Waals surface area contributed by atoms with Crippen LogP contribution in [0.1, 0.15) is 19.8 Å². The Kier molecular flexibility index (Phi) is 4.45. The van der Waals surface area contributed by atoms with E-state index in [0.717, 1.165) is 59.6 Å². The van der Waals surface area contributed by atoms with Crippen LogP contribution < -0.4 is 10.6 Å². The van der Waals surface area contributed by atoms with Crippen molar-refractivity contribution >= 4 is 22.6 Å². The number of anilines is 1. The molecule has 2 fully saturated rings. The molecule has 2 atom stereocenters. The SMILES string of the molecule is CC1C2=C(C(=O)N3CCCC3)C=C(Nc3nc(-c4ccccc4)nc4ccccc34)NC21. The molecule has 1 saturated heterocycles. The summed E-state index contributed by atoms with van der Waals surface area (Å²) in [5.41, 5.74) is 3.91. The molecule has 3 aromatic rings. The maximum absolute atomic E-state index is 13.2. The lowest BCUT2D eigenvalue weighted by molar-refractivity contribution is -0.125. The van der Waals surface area contributed by atoms with E-state index in [1.807, 2.05) is 65.6 Å². The molecule has 1 amide bonds. The second kappa shape index (κ2) is 7.48. The molecular formula is C26H25N5O. The highest BCUT2D eigenvalue weighted by molar-refractivity contribution is 5.99. The van der Waals surface area contributed by atoms with Gasteiger partial charge >= 0.3 is 0 Å². The summed E-state index contributed by atoms with van der Waals surface area (Å²) in [6.07, 6.45) is 4.15. The van der Waals surface area contributed by atoms with Crippen molar-refractivity contribution in [2.24, 2.45) is 5.92 Å². The topological polar surface area (TPSA) is 70.2 Å². The van der Waals surface area contributed by atoms with E-state index >= 15 is 0 Å². The molecule has 2 aromatic carbocycles. The van der Waals surface area contributed by atoms with Crippen LogP contribution in [0.4, 0.5) is 5.82 Å². The lowest BCUT2D eigenvalue weighted by Crippen LogP contribution is -2.32. The van der Waals surface area contributed by atoms with Crippen LogP contribution in [0.15, 0.2) is 77.6 Å². The zero-order valence-electron chi connectivity index (χ0n) is 18.0. The van der Waals surface area contributed by atoms with Crippen LogP contribution in [-0.4, -0.2) is 39.9 Å². The third-order valence-corrected chi connectivity index (χ3v) is 6.64. The molecule has 0 radical (unpaired) electrons. The van der Waals surface area contributed by atoms with Crippen LogP contribution in [-0.2, 0) is 4.79 Å². The van der Waals surface area contributed by atoms with Gasteiger partial charge in [0.2, 0.25) is 0 Å². The Hall–Kier alpha value is -3.67. The standard InChI is InChI=1S/C26H25N5O/c1-16-22-19(26(32)31-13-7-8-14-31)15-21(28-23(16)22)29-25-18-11-5-6-12-20(18)27-24(30-25)17-9-3-2-4-10-17/h2-6,9-12,15-16,23,28H,7-8,13-14H2,1H3,(H,27,29,30). The van der Waals surface area contributed by atoms with E-state index < -0.39 is 0 Å². The summed E-state index contributed by atoms with van der Waals surface area (Å²) in [5, 5.41) is 7.98. The largest absolute Gasteiger partial charge is 0.364 e. The molecule has 2 N–H and O–H groups in total. The van der Waals surface area contributed by atoms with Crippen LogP contribution >= 0.6 is 0 Å². The minimum Gasteiger partial charge on any atom is -0.364 e. The predicted octanol–water partition coefficient (Wildman–Crippen LogP) is 4.09. The molecule has 2 unspecified atom stereocenters. The number of fused-ring (bicyclic) bond motifs is 2. The zero-order valence-corrected chi connectivity index (χ0v) is 18.0. The monoisotopic (exact) mass is 423 g/mol. The van der Waals surface area contributed by atoms with Gasteiger partial charge in [-0.25, -0.2) is 9.97 Å². The highest BCUT2D eigenvalue weighted by atomic mass is 16.2. The van der Waals surface area contributed by atoms with E-state index in [2.05, 4.69) is 17.6 Å². The van der Waals surface area contributed by atoms with Gasteiger partial charge in [0, 0.05) is 35.5 Å². The minimum atomic E-state index is 0.158. The van der Waals surface area contributed by atoms with Gasteiger partial charge in [0.1, 0.15) is 11.6 Å². The summed E-state index contributed by atoms with van der Waals surface area (Å²) in [6, 6.07) is 18.2. The van der Waals surface area contributed by atoms with Crippen molar-refractivity contribution < 1.29 is 4.79 Å². The lowest BCUT2D eigenvalue weighted by Gasteiger charge is -2.21. The van der Waals surface area contributed by atoms with Crippen LogP contribution in [0, 0.1) is 5.92 Å². The van der Waals surface area contributed by atoms with Crippen molar-refractivity contribution in [1.29, 1.82) is 0 Å². The fourth-order valence-electron chi connectivity index (χ4n) is 4.81. The number of hydrogen-bond acceptors (Lipinski definition) is 5. The van der Waals surface area contributed by atoms with Crippen molar-refractivity contribution in [1.82, 2.24) is 20.2 Å². The number of benzene rings is 2. The number of para-hydroxylation sites is 1. The zero-order chi connectivity index (χ0) is 21.7. The number of nitrogens with one attached hydrogen (secondary N) is 2. The molecule has 3 heterocycles. The fourth-order valence-corrected chi connectivity index (χ4v) is 4.81. The summed E-state index contributed by atoms with van der Waals surface area (Å²) in [6.45, 7) is 3.89. The first-order chi connectivity index (χ1) is 15.7. The molecule has 0 bridgehead atoms. The van der Waals surface area contributed by atoms with Crippen LogP contribution in [0.3, 0.4) is 0 Å². The smallest absolute Gasteiger partial charge is 0.254 e. The Balaban J connectivity index is 1.38. The number of likely N-dealkylation sites (tertiary alicyclic amines) is 1. The normalized spacial score (nSPS) is 21.8. The van der Waals surface area contributed by atoms with E-state index in [9.17, 15) is 4.79 Å². The molecule has 6 heteroatoms. The molecule has 3 aliphatic rings. The average molecular weight is 424 g/mol. The molecule has 0 spiro atoms. The van der Waals surface area contributed by atoms with Gasteiger partial charge in [-0.3, -0.25) is 4.79 Å². The summed E-state index contributed by atoms with van der Waals surface area (Å²) in [4.78, 5) is 24.8. The van der Waals surface area contributed by atoms with E-state index in [1.54, 1.807) is 0 Å². The summed E-state index contributed by atoms with van der Waals surface area (Å²) in [5.74, 6) is 2.75. The third kappa shape index (κ3) is 3.23. The summed E-state index contributed by atoms with van der Waals surface area (Å²) < 4.78 is 0. The summed E-state index contributed by atoms with van der Waals surface area (Å²) >= 11 is 0. The Morgan fingerprint density at radius 3 is 2.59 bits per heavy atom. The van der Waals surface area contributed by atoms with Gasteiger partial charge in [-0.2, -0.15) is 0 Å². The van der Waals surface area contributed by atoms with Crippen molar-refractivity contribution in [3.8, 4) is 11.4 Å². The quantitative estimate of drug-likeness (QED) is 0.661. The maximum atomic E-state index is 13.2. The van der Waals surface area contributed by atoms with Gasteiger partial charge in [0.15, 0.2) is 5.82 Å². The Morgan fingerprint density at radius 1 is 1.03 bits per heavy atom. The van der Waals surface area contributed by atoms with Gasteiger partial charge in [0.05, 0.1) is 11.6 Å². The van der Waals surface area contributed by atoms with E-state index in [-0.39, 0.29) is 11.9 Å². The maximum Gasteiger partial charge on any atom is 0.254 e. The molecule has 1 aliphatic carbocycles. The number of hydrogen-bond donors (Lipinski definition) is 2. The first-order valence-corrected chi connectivity index (χ1v) is 11.3. The Morgan fingerprint density at radius 2 is 1.78 bits per heavy atom. The number of carbonyl (C=O) groups is 1. The second-order valence-corrected chi connectivity index (χ2v) is 8.74. The third-order valence-electron chi connectivity index (χ3n) is 6.64. The number of dihydropyridines is 1. The number of carbonyl (C=O) groups excluding carboxylic acids is 1. The van der Waals surface area contributed by atoms with Crippen molar-refractivity contribution in [2.45, 2.75) is 25.8 Å². The van der Waals surface area contributed by atoms with Crippen molar-refractivity contribution in [2.75, 3.05) is 18.4 Å². The number of nitrogens with zero attached hydrogens (tertiary/aromatic N) is 3. The van der Waals surface area contributed by atoms with Gasteiger partial charge in [-0.15, -0.1) is 0 Å². The predicted molar refractivity (Wildman–Crippen MR) is 126 cm³/mol. The van der Waals surface area contributed by atoms with Crippen molar-refractivity contribution in [3.63, 3.8) is 0 Å². The molecule has 6 rings (SSSR count). The van der Waals surface area contributed by atoms with E-state index in [0.29, 0.717) is 11.7 Å². The highest BCUT2D eigenvalue weighted by Gasteiger charge is 2.47. The lowest BCUT2D eigenvalue weighted by atomic mass is 10.1. The van der Waals surface area contributed by atoms with E-state index in [4.69, 9.17) is 9.97 Å². The Bertz CT molecular complexity index is 1270. The van der Waals surface area contributed by atoms with Crippen LogP contribution in [0.2, 0.25) is 0 Å². The average Bonchev–Trinajstić information content (AvgIpc) is 3.23. The molecular weight excluding hydrogens is 398 g/mol. The second-order valence-electron chi connectivity index (χ2n) is 8.74. The summed E-state index contributed by atoms with van der Waals surface area (Å²) in [7, 11) is 0. The molecule has 1 saturated carbocycles. The molecule has 160 valence electrons. The minimum absolute atomic E-state index is 0.158. The molecule has 2 aliphatic heterocycles. The van der Waals surface area contributed by atoms with Crippen LogP contribution in [0.5, 0.6) is 0 Å². The fraction of sp³-hybridized carbons (Fsp3) is 0.269. The van der Waals surface area contributed by atoms with Crippen molar-refractivity contribution in [3.05, 3.63) is 77.6 Å². The number of rotatable bonds is 4. The molecule has 1 aromatic heterocycles. The first-order valence-electron chi connectivity index (χ1n) is 11.3. The molecule has 6 nitrogen and oxygen atoms in total. The van der Waals surface area contributed by atoms with Gasteiger partial charge in [-0.05, 0) is 36.6 Å². The van der Waals surface area contributed by atoms with Crippen LogP contribution in [0.25, 0.3) is 22.3 Å². The Labute approximate surface area is 187 Å². The molecule has 32 heavy (non-hydrogen) atoms. The first kappa shape index (κ1) is 19.0. The number of aromatic nitrogens is 2. The highest BCUT2D eigenvalue weighted by Crippen LogP contribution is 2.44. The van der Waals surface area contributed by atoms with Gasteiger partial charge < -0.3 is 15.5 Å². The van der Waals surface area contributed by atoms with E-state index in [1.165, 1.54) is 5.57 Å².